The summed E-state index contributed by atoms with van der Waals surface area (Å²) >= 11 is 5.15. The van der Waals surface area contributed by atoms with E-state index in [0.29, 0.717) is 0 Å². The van der Waals surface area contributed by atoms with Crippen LogP contribution in [-0.2, 0) is 30.3 Å². The van der Waals surface area contributed by atoms with Crippen molar-refractivity contribution in [2.75, 3.05) is 10.0 Å². The molecule has 196 valence electrons. The van der Waals surface area contributed by atoms with Crippen LogP contribution in [0.4, 0.5) is 11.4 Å². The molecule has 3 rings (SSSR count). The maximum atomic E-state index is 12.1. The van der Waals surface area contributed by atoms with E-state index in [4.69, 9.17) is 12.2 Å². The average Bonchev–Trinajstić information content (AvgIpc) is 3.55. The molecule has 0 amide bonds. The Kier molecular flexibility index (Phi) is 12.9. The van der Waals surface area contributed by atoms with Gasteiger partial charge in [0.2, 0.25) is 10.0 Å². The minimum Gasteiger partial charge on any atom is -0.744 e. The Hall–Kier alpha value is -0.560. The molecule has 2 aromatic carbocycles. The van der Waals surface area contributed by atoms with E-state index in [1.807, 2.05) is 0 Å². The summed E-state index contributed by atoms with van der Waals surface area (Å²) in [5.74, 6) is 0. The van der Waals surface area contributed by atoms with Crippen LogP contribution in [0.2, 0.25) is 0 Å². The number of hydrogen-bond acceptors (Lipinski definition) is 9. The summed E-state index contributed by atoms with van der Waals surface area (Å²) in [6, 6.07) is 7.45. The van der Waals surface area contributed by atoms with Gasteiger partial charge in [-0.15, -0.1) is 0 Å². The summed E-state index contributed by atoms with van der Waals surface area (Å²) in [7, 11) is -13.8. The van der Waals surface area contributed by atoms with Crippen LogP contribution in [0.3, 0.4) is 0 Å². The van der Waals surface area contributed by atoms with E-state index < -0.39 is 45.3 Å². The summed E-state index contributed by atoms with van der Waals surface area (Å²) in [6.45, 7) is 2.84. The minimum absolute atomic E-state index is 0. The Morgan fingerprint density at radius 3 is 1.74 bits per heavy atom. The van der Waals surface area contributed by atoms with Gasteiger partial charge in [0.05, 0.1) is 15.0 Å². The van der Waals surface area contributed by atoms with Crippen molar-refractivity contribution in [3.05, 3.63) is 47.5 Å². The molecule has 0 aromatic heterocycles. The fourth-order valence-corrected chi connectivity index (χ4v) is 5.33. The quantitative estimate of drug-likeness (QED) is 0.109. The fourth-order valence-electron chi connectivity index (χ4n) is 2.96. The van der Waals surface area contributed by atoms with Gasteiger partial charge >= 0.3 is 59.1 Å². The topological polar surface area (TPSA) is 185 Å². The second kappa shape index (κ2) is 13.9. The predicted octanol–water partition coefficient (Wildman–Crippen LogP) is -3.73. The van der Waals surface area contributed by atoms with Gasteiger partial charge in [0.25, 0.3) is 0 Å². The first-order valence-electron chi connectivity index (χ1n) is 10.5. The van der Waals surface area contributed by atoms with E-state index in [0.717, 1.165) is 37.1 Å². The summed E-state index contributed by atoms with van der Waals surface area (Å²) in [5.41, 5.74) is -0.0761. The molecule has 1 aliphatic rings. The maximum absolute atomic E-state index is 12.1. The molecule has 1 aliphatic carbocycles. The SMILES string of the molecule is CC(C)S(=O)(=O)Nc1ccc(C=Cc2ccc(NC(=S)NC3CC3)cc2S(=O)(=O)[O-])c(S(=O)(=O)[O-])c1.[Na+].[Na+]. The molecular weight excluding hydrogens is 596 g/mol. The van der Waals surface area contributed by atoms with Crippen LogP contribution in [0.5, 0.6) is 0 Å². The summed E-state index contributed by atoms with van der Waals surface area (Å²) in [6.07, 6.45) is 4.24. The van der Waals surface area contributed by atoms with Gasteiger partial charge in [0.1, 0.15) is 20.2 Å². The van der Waals surface area contributed by atoms with Crippen LogP contribution in [-0.4, -0.2) is 50.8 Å². The first-order chi connectivity index (χ1) is 16.6. The zero-order chi connectivity index (χ0) is 26.9. The normalized spacial score (nSPS) is 13.9. The van der Waals surface area contributed by atoms with Crippen LogP contribution >= 0.6 is 12.2 Å². The molecule has 0 unspecified atom stereocenters. The standard InChI is InChI=1S/C21H25N3O8S4.2Na/c1-13(2)34(25,26)24-18-8-6-15(20(12-18)36(30,31)32)4-3-14-5-7-17(11-19(14)35(27,28)29)23-21(33)22-16-9-10-16;;/h3-8,11-13,16,24H,9-10H2,1-2H3,(H2,22,23,33)(H,27,28,29)(H,30,31,32);;/q;2*+1/p-2. The molecule has 1 fully saturated rings. The largest absolute Gasteiger partial charge is 1.00 e. The zero-order valence-electron chi connectivity index (χ0n) is 21.1. The van der Waals surface area contributed by atoms with Gasteiger partial charge in [-0.1, -0.05) is 24.3 Å². The fraction of sp³-hybridized carbons (Fsp3) is 0.286. The van der Waals surface area contributed by atoms with Crippen molar-refractivity contribution < 1.29 is 93.5 Å². The number of hydrogen-bond donors (Lipinski definition) is 3. The molecule has 38 heavy (non-hydrogen) atoms. The van der Waals surface area contributed by atoms with Crippen LogP contribution in [0.15, 0.2) is 46.2 Å². The van der Waals surface area contributed by atoms with Crippen molar-refractivity contribution in [2.45, 2.75) is 47.8 Å². The Labute approximate surface area is 272 Å². The number of sulfonamides is 1. The van der Waals surface area contributed by atoms with Gasteiger partial charge in [-0.2, -0.15) is 0 Å². The van der Waals surface area contributed by atoms with Gasteiger partial charge < -0.3 is 19.7 Å². The molecule has 0 spiro atoms. The van der Waals surface area contributed by atoms with Crippen LogP contribution in [0, 0.1) is 0 Å². The summed E-state index contributed by atoms with van der Waals surface area (Å²) in [5, 5.41) is 5.28. The predicted molar refractivity (Wildman–Crippen MR) is 138 cm³/mol. The molecular formula is C21H23N3Na2O8S4. The Bertz CT molecular complexity index is 1540. The number of rotatable bonds is 9. The molecule has 0 saturated heterocycles. The van der Waals surface area contributed by atoms with Gasteiger partial charge in [-0.25, -0.2) is 25.3 Å². The van der Waals surface area contributed by atoms with E-state index in [1.54, 1.807) is 0 Å². The molecule has 0 bridgehead atoms. The number of benzene rings is 2. The third kappa shape index (κ3) is 10.1. The van der Waals surface area contributed by atoms with Crippen molar-refractivity contribution in [2.24, 2.45) is 0 Å². The number of thiocarbonyl (C=S) groups is 1. The molecule has 11 nitrogen and oxygen atoms in total. The third-order valence-electron chi connectivity index (χ3n) is 5.06. The number of anilines is 2. The smallest absolute Gasteiger partial charge is 0.744 e. The molecule has 2 aromatic rings. The summed E-state index contributed by atoms with van der Waals surface area (Å²) < 4.78 is 97.5. The van der Waals surface area contributed by atoms with E-state index in [-0.39, 0.29) is 92.8 Å². The van der Waals surface area contributed by atoms with Crippen LogP contribution in [0.25, 0.3) is 12.2 Å². The Morgan fingerprint density at radius 1 is 0.868 bits per heavy atom. The molecule has 0 radical (unpaired) electrons. The van der Waals surface area contributed by atoms with E-state index in [2.05, 4.69) is 15.4 Å². The zero-order valence-corrected chi connectivity index (χ0v) is 28.4. The minimum atomic E-state index is -5.05. The van der Waals surface area contributed by atoms with Crippen LogP contribution in [0.1, 0.15) is 37.8 Å². The first kappa shape index (κ1) is 35.5. The molecule has 0 heterocycles. The monoisotopic (exact) mass is 619 g/mol. The van der Waals surface area contributed by atoms with Gasteiger partial charge in [-0.05, 0) is 74.3 Å². The molecule has 3 N–H and O–H groups in total. The number of nitrogens with one attached hydrogen (secondary N) is 3. The molecule has 0 atom stereocenters. The van der Waals surface area contributed by atoms with Crippen molar-refractivity contribution in [3.8, 4) is 0 Å². The first-order valence-corrected chi connectivity index (χ1v) is 15.3. The summed E-state index contributed by atoms with van der Waals surface area (Å²) in [4.78, 5) is -1.32. The van der Waals surface area contributed by atoms with Crippen molar-refractivity contribution in [1.82, 2.24) is 5.32 Å². The molecule has 1 saturated carbocycles. The molecule has 0 aliphatic heterocycles. The second-order valence-electron chi connectivity index (χ2n) is 8.32. The van der Waals surface area contributed by atoms with Crippen molar-refractivity contribution in [3.63, 3.8) is 0 Å². The van der Waals surface area contributed by atoms with Crippen LogP contribution < -0.4 is 74.5 Å². The maximum Gasteiger partial charge on any atom is 1.00 e. The van der Waals surface area contributed by atoms with E-state index >= 15 is 0 Å². The van der Waals surface area contributed by atoms with Gasteiger partial charge in [0, 0.05) is 17.4 Å². The van der Waals surface area contributed by atoms with Crippen molar-refractivity contribution >= 4 is 71.1 Å². The molecule has 17 heteroatoms. The average molecular weight is 620 g/mol. The van der Waals surface area contributed by atoms with Gasteiger partial charge in [-0.3, -0.25) is 4.72 Å². The Morgan fingerprint density at radius 2 is 1.32 bits per heavy atom. The second-order valence-corrected chi connectivity index (χ2v) is 13.7. The van der Waals surface area contributed by atoms with E-state index in [9.17, 15) is 34.4 Å². The third-order valence-corrected chi connectivity index (χ3v) is 8.83. The van der Waals surface area contributed by atoms with Gasteiger partial charge in [0.15, 0.2) is 5.11 Å². The van der Waals surface area contributed by atoms with E-state index in [1.165, 1.54) is 38.1 Å². The van der Waals surface area contributed by atoms with Crippen molar-refractivity contribution in [1.29, 1.82) is 0 Å². The Balaban J connectivity index is 0.00000361.